The minimum atomic E-state index is -1.23. The number of aliphatic hydroxyl groups excluding tert-OH is 1. The summed E-state index contributed by atoms with van der Waals surface area (Å²) in [5.74, 6) is -3.09. The molecule has 214 valence electrons. The maximum Gasteiger partial charge on any atom is 0.312 e. The molecule has 1 aromatic carbocycles. The molecule has 0 aliphatic carbocycles. The van der Waals surface area contributed by atoms with E-state index < -0.39 is 35.0 Å². The smallest absolute Gasteiger partial charge is 0.312 e. The number of allylic oxidation sites excluding steroid dienone is 1. The van der Waals surface area contributed by atoms with Gasteiger partial charge in [-0.1, -0.05) is 36.4 Å². The molecule has 2 bridgehead atoms. The lowest BCUT2D eigenvalue weighted by atomic mass is 9.62. The topological polar surface area (TPSA) is 127 Å². The van der Waals surface area contributed by atoms with Gasteiger partial charge in [0.15, 0.2) is 0 Å². The van der Waals surface area contributed by atoms with Crippen molar-refractivity contribution in [1.82, 2.24) is 24.8 Å². The largest absolute Gasteiger partial charge is 0.465 e. The van der Waals surface area contributed by atoms with Crippen LogP contribution in [0.15, 0.2) is 49.6 Å². The molecule has 0 radical (unpaired) electrons. The van der Waals surface area contributed by atoms with E-state index >= 15 is 0 Å². The van der Waals surface area contributed by atoms with Crippen LogP contribution < -0.4 is 0 Å². The number of hydrogen-bond acceptors (Lipinski definition) is 8. The second kappa shape index (κ2) is 10.8. The average Bonchev–Trinajstić information content (AvgIpc) is 3.60. The van der Waals surface area contributed by atoms with E-state index in [4.69, 9.17) is 9.47 Å². The third-order valence-electron chi connectivity index (χ3n) is 8.83. The van der Waals surface area contributed by atoms with Crippen molar-refractivity contribution < 1.29 is 29.0 Å². The molecule has 3 saturated heterocycles. The number of aliphatic hydroxyl groups is 1. The number of fused-ring (bicyclic) bond motifs is 2. The van der Waals surface area contributed by atoms with Crippen LogP contribution in [0.3, 0.4) is 0 Å². The van der Waals surface area contributed by atoms with Crippen LogP contribution in [0.1, 0.15) is 33.1 Å². The second-order valence-electron chi connectivity index (χ2n) is 11.1. The minimum Gasteiger partial charge on any atom is -0.465 e. The molecule has 11 heteroatoms. The van der Waals surface area contributed by atoms with Crippen molar-refractivity contribution in [1.29, 1.82) is 0 Å². The van der Waals surface area contributed by atoms with Gasteiger partial charge in [-0.3, -0.25) is 14.4 Å². The normalized spacial score (nSPS) is 30.5. The van der Waals surface area contributed by atoms with E-state index in [-0.39, 0.29) is 50.7 Å². The molecule has 3 fully saturated rings. The van der Waals surface area contributed by atoms with Crippen molar-refractivity contribution in [2.45, 2.75) is 57.0 Å². The molecule has 1 aromatic heterocycles. The number of aromatic nitrogens is 3. The highest BCUT2D eigenvalue weighted by Gasteiger charge is 2.80. The van der Waals surface area contributed by atoms with Crippen LogP contribution in [0.2, 0.25) is 0 Å². The van der Waals surface area contributed by atoms with E-state index in [0.717, 1.165) is 5.52 Å². The van der Waals surface area contributed by atoms with Gasteiger partial charge in [0.25, 0.3) is 0 Å². The average molecular weight is 552 g/mol. The van der Waals surface area contributed by atoms with E-state index in [0.29, 0.717) is 24.8 Å². The Hall–Kier alpha value is -3.57. The monoisotopic (exact) mass is 551 g/mol. The number of β-amino-alcohol motifs (C(OH)–C–C–N with tert-alkyl or cyclic N) is 1. The Morgan fingerprint density at radius 3 is 2.80 bits per heavy atom. The van der Waals surface area contributed by atoms with Crippen molar-refractivity contribution >= 4 is 28.8 Å². The first-order chi connectivity index (χ1) is 19.2. The van der Waals surface area contributed by atoms with E-state index in [2.05, 4.69) is 23.5 Å². The van der Waals surface area contributed by atoms with Gasteiger partial charge in [-0.15, -0.1) is 18.3 Å². The minimum absolute atomic E-state index is 0.0583. The third kappa shape index (κ3) is 4.23. The van der Waals surface area contributed by atoms with Gasteiger partial charge in [-0.2, -0.15) is 0 Å². The molecule has 1 N–H and O–H groups in total. The molecule has 3 aliphatic rings. The fourth-order valence-corrected chi connectivity index (χ4v) is 6.94. The number of nitrogens with zero attached hydrogens (tertiary/aromatic N) is 5. The number of amides is 2. The number of likely N-dealkylation sites (tertiary alicyclic amines) is 1. The first-order valence-electron chi connectivity index (χ1n) is 13.8. The number of para-hydroxylation sites is 1. The predicted molar refractivity (Wildman–Crippen MR) is 145 cm³/mol. The quantitative estimate of drug-likeness (QED) is 0.241. The van der Waals surface area contributed by atoms with Crippen LogP contribution >= 0.6 is 0 Å². The summed E-state index contributed by atoms with van der Waals surface area (Å²) in [5, 5.41) is 18.3. The maximum atomic E-state index is 14.4. The van der Waals surface area contributed by atoms with Crippen LogP contribution in [-0.2, 0) is 30.5 Å². The van der Waals surface area contributed by atoms with Crippen molar-refractivity contribution in [2.24, 2.45) is 17.8 Å². The van der Waals surface area contributed by atoms with E-state index in [9.17, 15) is 19.5 Å². The number of hydrogen-bond donors (Lipinski definition) is 1. The number of ether oxygens (including phenoxy) is 2. The molecular weight excluding hydrogens is 514 g/mol. The summed E-state index contributed by atoms with van der Waals surface area (Å²) in [4.78, 5) is 44.8. The Bertz CT molecular complexity index is 1330. The summed E-state index contributed by atoms with van der Waals surface area (Å²) in [6.07, 6.45) is 5.12. The van der Waals surface area contributed by atoms with Crippen LogP contribution in [0.25, 0.3) is 11.0 Å². The van der Waals surface area contributed by atoms with Crippen LogP contribution in [0.5, 0.6) is 0 Å². The summed E-state index contributed by atoms with van der Waals surface area (Å²) < 4.78 is 13.9. The lowest BCUT2D eigenvalue weighted by Gasteiger charge is -2.37. The fourth-order valence-electron chi connectivity index (χ4n) is 6.94. The Morgan fingerprint density at radius 2 is 2.08 bits per heavy atom. The highest BCUT2D eigenvalue weighted by atomic mass is 16.6. The number of rotatable bonds is 12. The van der Waals surface area contributed by atoms with E-state index in [1.807, 2.05) is 38.1 Å². The predicted octanol–water partition coefficient (Wildman–Crippen LogP) is 1.92. The highest BCUT2D eigenvalue weighted by Crippen LogP contribution is 2.65. The zero-order valence-electron chi connectivity index (χ0n) is 23.1. The summed E-state index contributed by atoms with van der Waals surface area (Å²) in [6.45, 7) is 11.4. The van der Waals surface area contributed by atoms with Gasteiger partial charge in [-0.25, -0.2) is 4.68 Å². The Balaban J connectivity index is 1.50. The molecular formula is C29H37N5O6. The number of benzene rings is 1. The molecule has 4 heterocycles. The van der Waals surface area contributed by atoms with Crippen LogP contribution in [0.4, 0.5) is 0 Å². The lowest BCUT2D eigenvalue weighted by molar-refractivity contribution is -0.162. The SMILES string of the molecule is C=CCCCOC(=O)[C@@H]1[C@H]2C(=O)N(CCO)C(C(=O)N(CC=C)Cn3nnc4ccccc43)C23CC(C)[C@@]1(C)O3. The van der Waals surface area contributed by atoms with Gasteiger partial charge >= 0.3 is 5.97 Å². The summed E-state index contributed by atoms with van der Waals surface area (Å²) >= 11 is 0. The van der Waals surface area contributed by atoms with E-state index in [1.165, 1.54) is 4.90 Å². The zero-order chi connectivity index (χ0) is 28.7. The van der Waals surface area contributed by atoms with E-state index in [1.54, 1.807) is 21.7 Å². The van der Waals surface area contributed by atoms with Gasteiger partial charge in [0.1, 0.15) is 29.7 Å². The Morgan fingerprint density at radius 1 is 1.30 bits per heavy atom. The lowest BCUT2D eigenvalue weighted by Crippen LogP contribution is -2.57. The van der Waals surface area contributed by atoms with Gasteiger partial charge in [0.2, 0.25) is 11.8 Å². The highest BCUT2D eigenvalue weighted by molar-refractivity contribution is 5.98. The molecule has 2 amide bonds. The van der Waals surface area contributed by atoms with Gasteiger partial charge in [-0.05, 0) is 44.2 Å². The molecule has 1 spiro atoms. The molecule has 0 saturated carbocycles. The van der Waals surface area contributed by atoms with Gasteiger partial charge in [0, 0.05) is 13.1 Å². The van der Waals surface area contributed by atoms with Crippen molar-refractivity contribution in [3.8, 4) is 0 Å². The standard InChI is InChI=1S/C29H37N5O6/c1-5-7-10-16-39-27(38)23-22-25(36)33(14-15-35)24(29(22)17-19(3)28(23,4)40-29)26(37)32(13-6-2)18-34-21-12-9-8-11-20(21)30-31-34/h5-6,8-9,11-12,19,22-24,35H,1-2,7,10,13-18H2,3-4H3/t19?,22-,23-,24?,28+,29?/m0/s1. The molecule has 40 heavy (non-hydrogen) atoms. The molecule has 3 unspecified atom stereocenters. The van der Waals surface area contributed by atoms with Crippen molar-refractivity contribution in [2.75, 3.05) is 26.3 Å². The van der Waals surface area contributed by atoms with Crippen LogP contribution in [0, 0.1) is 17.8 Å². The second-order valence-corrected chi connectivity index (χ2v) is 11.1. The molecule has 6 atom stereocenters. The number of carbonyl (C=O) groups excluding carboxylic acids is 3. The van der Waals surface area contributed by atoms with Gasteiger partial charge in [0.05, 0.1) is 30.2 Å². The Kier molecular flexibility index (Phi) is 7.54. The first-order valence-corrected chi connectivity index (χ1v) is 13.8. The number of esters is 1. The third-order valence-corrected chi connectivity index (χ3v) is 8.83. The molecule has 3 aliphatic heterocycles. The molecule has 11 nitrogen and oxygen atoms in total. The number of unbranched alkanes of at least 4 members (excludes halogenated alkanes) is 1. The summed E-state index contributed by atoms with van der Waals surface area (Å²) in [7, 11) is 0. The number of carbonyl (C=O) groups is 3. The zero-order valence-corrected chi connectivity index (χ0v) is 23.1. The molecule has 2 aromatic rings. The molecule has 5 rings (SSSR count). The Labute approximate surface area is 233 Å². The summed E-state index contributed by atoms with van der Waals surface area (Å²) in [6, 6.07) is 6.40. The van der Waals surface area contributed by atoms with Gasteiger partial charge < -0.3 is 24.4 Å². The van der Waals surface area contributed by atoms with Crippen LogP contribution in [-0.4, -0.2) is 91.2 Å². The van der Waals surface area contributed by atoms with Crippen molar-refractivity contribution in [3.05, 3.63) is 49.6 Å². The maximum absolute atomic E-state index is 14.4. The summed E-state index contributed by atoms with van der Waals surface area (Å²) in [5.41, 5.74) is -0.746. The first kappa shape index (κ1) is 28.0. The van der Waals surface area contributed by atoms with Crippen molar-refractivity contribution in [3.63, 3.8) is 0 Å². The fraction of sp³-hybridized carbons (Fsp3) is 0.552.